The lowest BCUT2D eigenvalue weighted by Crippen LogP contribution is -2.36. The van der Waals surface area contributed by atoms with Crippen molar-refractivity contribution in [3.63, 3.8) is 0 Å². The number of rotatable bonds is 3. The Hall–Kier alpha value is -0.350. The summed E-state index contributed by atoms with van der Waals surface area (Å²) in [5, 5.41) is 3.24. The second-order valence-electron chi connectivity index (χ2n) is 4.41. The Balaban J connectivity index is 2.30. The zero-order valence-corrected chi connectivity index (χ0v) is 12.3. The number of benzene rings is 1. The van der Waals surface area contributed by atoms with E-state index in [1.54, 1.807) is 0 Å². The van der Waals surface area contributed by atoms with Gasteiger partial charge in [0.15, 0.2) is 11.5 Å². The average Bonchev–Trinajstić information content (AvgIpc) is 2.70. The van der Waals surface area contributed by atoms with E-state index in [-0.39, 0.29) is 12.8 Å². The molecule has 0 spiro atoms. The van der Waals surface area contributed by atoms with Gasteiger partial charge in [0, 0.05) is 6.04 Å². The van der Waals surface area contributed by atoms with Crippen molar-refractivity contribution < 1.29 is 9.47 Å². The zero-order valence-electron chi connectivity index (χ0n) is 10.0. The summed E-state index contributed by atoms with van der Waals surface area (Å²) < 4.78 is 9.15. The molecule has 3 nitrogen and oxygen atoms in total. The molecule has 1 aromatic rings. The number of hydrogen-bond acceptors (Lipinski definition) is 3. The highest BCUT2D eigenvalue weighted by Gasteiger charge is 2.35. The van der Waals surface area contributed by atoms with E-state index in [2.05, 4.69) is 5.32 Å². The van der Waals surface area contributed by atoms with E-state index in [1.165, 1.54) is 0 Å². The van der Waals surface area contributed by atoms with Crippen LogP contribution in [0.2, 0.25) is 0 Å². The first-order valence-electron chi connectivity index (χ1n) is 5.60. The van der Waals surface area contributed by atoms with Crippen LogP contribution in [0.1, 0.15) is 25.5 Å². The molecule has 0 fully saturated rings. The fourth-order valence-corrected chi connectivity index (χ4v) is 2.37. The third kappa shape index (κ3) is 3.15. The van der Waals surface area contributed by atoms with Gasteiger partial charge in [0.25, 0.3) is 0 Å². The summed E-state index contributed by atoms with van der Waals surface area (Å²) in [6.07, 6.45) is 0. The first kappa shape index (κ1) is 14.1. The molecule has 18 heavy (non-hydrogen) atoms. The van der Waals surface area contributed by atoms with Gasteiger partial charge in [0.05, 0.1) is 6.04 Å². The van der Waals surface area contributed by atoms with Crippen LogP contribution in [0.5, 0.6) is 11.5 Å². The standard InChI is InChI=1S/C12H14Cl3NO2/c1-7(2)16-11(12(13,14)15)8-3-4-9-10(5-8)18-6-17-9/h3-5,7,11,16H,6H2,1-2H3. The summed E-state index contributed by atoms with van der Waals surface area (Å²) in [4.78, 5) is 0. The minimum Gasteiger partial charge on any atom is -0.454 e. The average molecular weight is 311 g/mol. The molecule has 0 saturated carbocycles. The fraction of sp³-hybridized carbons (Fsp3) is 0.500. The van der Waals surface area contributed by atoms with Crippen LogP contribution in [0.4, 0.5) is 0 Å². The number of hydrogen-bond donors (Lipinski definition) is 1. The van der Waals surface area contributed by atoms with E-state index in [9.17, 15) is 0 Å². The number of nitrogens with one attached hydrogen (secondary N) is 1. The molecule has 1 aliphatic rings. The van der Waals surface area contributed by atoms with Crippen molar-refractivity contribution in [3.8, 4) is 11.5 Å². The number of halogens is 3. The first-order chi connectivity index (χ1) is 8.38. The summed E-state index contributed by atoms with van der Waals surface area (Å²) in [5.74, 6) is 1.39. The zero-order chi connectivity index (χ0) is 13.3. The normalized spacial score (nSPS) is 16.1. The predicted octanol–water partition coefficient (Wildman–Crippen LogP) is 3.82. The topological polar surface area (TPSA) is 30.5 Å². The van der Waals surface area contributed by atoms with Gasteiger partial charge in [-0.3, -0.25) is 0 Å². The summed E-state index contributed by atoms with van der Waals surface area (Å²) in [5.41, 5.74) is 0.855. The highest BCUT2D eigenvalue weighted by Crippen LogP contribution is 2.43. The molecule has 0 amide bonds. The summed E-state index contributed by atoms with van der Waals surface area (Å²) >= 11 is 18.1. The minimum absolute atomic E-state index is 0.191. The van der Waals surface area contributed by atoms with Crippen molar-refractivity contribution in [1.29, 1.82) is 0 Å². The third-order valence-electron chi connectivity index (χ3n) is 2.56. The van der Waals surface area contributed by atoms with Gasteiger partial charge in [-0.2, -0.15) is 0 Å². The minimum atomic E-state index is -1.43. The molecule has 2 rings (SSSR count). The van der Waals surface area contributed by atoms with Gasteiger partial charge < -0.3 is 14.8 Å². The molecule has 0 bridgehead atoms. The highest BCUT2D eigenvalue weighted by molar-refractivity contribution is 6.68. The van der Waals surface area contributed by atoms with Crippen molar-refractivity contribution >= 4 is 34.8 Å². The molecule has 0 aliphatic carbocycles. The van der Waals surface area contributed by atoms with Gasteiger partial charge in [0.2, 0.25) is 10.6 Å². The lowest BCUT2D eigenvalue weighted by molar-refractivity contribution is 0.174. The van der Waals surface area contributed by atoms with E-state index in [0.717, 1.165) is 5.56 Å². The van der Waals surface area contributed by atoms with Crippen LogP contribution in [-0.4, -0.2) is 16.6 Å². The Morgan fingerprint density at radius 1 is 1.17 bits per heavy atom. The van der Waals surface area contributed by atoms with Crippen molar-refractivity contribution in [1.82, 2.24) is 5.32 Å². The molecule has 1 unspecified atom stereocenters. The molecule has 1 aliphatic heterocycles. The molecular weight excluding hydrogens is 296 g/mol. The Kier molecular flexibility index (Phi) is 4.17. The van der Waals surface area contributed by atoms with Gasteiger partial charge >= 0.3 is 0 Å². The van der Waals surface area contributed by atoms with Crippen LogP contribution >= 0.6 is 34.8 Å². The first-order valence-corrected chi connectivity index (χ1v) is 6.73. The van der Waals surface area contributed by atoms with Crippen LogP contribution in [-0.2, 0) is 0 Å². The predicted molar refractivity (Wildman–Crippen MR) is 73.9 cm³/mol. The Morgan fingerprint density at radius 3 is 2.44 bits per heavy atom. The van der Waals surface area contributed by atoms with Gasteiger partial charge in [0.1, 0.15) is 0 Å². The molecule has 0 radical (unpaired) electrons. The van der Waals surface area contributed by atoms with Gasteiger partial charge in [-0.05, 0) is 17.7 Å². The maximum atomic E-state index is 6.03. The Bertz CT molecular complexity index is 432. The van der Waals surface area contributed by atoms with Crippen LogP contribution in [0.25, 0.3) is 0 Å². The molecule has 1 atom stereocenters. The van der Waals surface area contributed by atoms with Crippen LogP contribution in [0.3, 0.4) is 0 Å². The van der Waals surface area contributed by atoms with Crippen LogP contribution < -0.4 is 14.8 Å². The molecular formula is C12H14Cl3NO2. The molecule has 1 aromatic carbocycles. The monoisotopic (exact) mass is 309 g/mol. The highest BCUT2D eigenvalue weighted by atomic mass is 35.6. The maximum Gasteiger partial charge on any atom is 0.231 e. The van der Waals surface area contributed by atoms with Crippen LogP contribution in [0, 0.1) is 0 Å². The van der Waals surface area contributed by atoms with E-state index in [1.807, 2.05) is 32.0 Å². The third-order valence-corrected chi connectivity index (χ3v) is 3.21. The molecule has 1 N–H and O–H groups in total. The number of alkyl halides is 3. The molecule has 0 aromatic heterocycles. The molecule has 0 saturated heterocycles. The lowest BCUT2D eigenvalue weighted by atomic mass is 10.1. The lowest BCUT2D eigenvalue weighted by Gasteiger charge is -2.28. The van der Waals surface area contributed by atoms with Crippen molar-refractivity contribution in [3.05, 3.63) is 23.8 Å². The van der Waals surface area contributed by atoms with Gasteiger partial charge in [-0.1, -0.05) is 54.7 Å². The SMILES string of the molecule is CC(C)NC(c1ccc2c(c1)OCO2)C(Cl)(Cl)Cl. The Labute approximate surface area is 121 Å². The molecule has 100 valence electrons. The summed E-state index contributed by atoms with van der Waals surface area (Å²) in [7, 11) is 0. The maximum absolute atomic E-state index is 6.03. The smallest absolute Gasteiger partial charge is 0.231 e. The van der Waals surface area contributed by atoms with Crippen molar-refractivity contribution in [2.75, 3.05) is 6.79 Å². The summed E-state index contributed by atoms with van der Waals surface area (Å²) in [6, 6.07) is 5.32. The fourth-order valence-electron chi connectivity index (χ4n) is 1.81. The van der Waals surface area contributed by atoms with E-state index in [4.69, 9.17) is 44.3 Å². The quantitative estimate of drug-likeness (QED) is 0.861. The second kappa shape index (κ2) is 5.33. The molecule has 6 heteroatoms. The van der Waals surface area contributed by atoms with E-state index < -0.39 is 9.83 Å². The Morgan fingerprint density at radius 2 is 1.83 bits per heavy atom. The number of ether oxygens (including phenoxy) is 2. The van der Waals surface area contributed by atoms with Gasteiger partial charge in [-0.15, -0.1) is 0 Å². The van der Waals surface area contributed by atoms with Crippen molar-refractivity contribution in [2.24, 2.45) is 0 Å². The van der Waals surface area contributed by atoms with Crippen molar-refractivity contribution in [2.45, 2.75) is 29.7 Å². The van der Waals surface area contributed by atoms with E-state index in [0.29, 0.717) is 11.5 Å². The van der Waals surface area contributed by atoms with Gasteiger partial charge in [-0.25, -0.2) is 0 Å². The van der Waals surface area contributed by atoms with E-state index >= 15 is 0 Å². The largest absolute Gasteiger partial charge is 0.454 e. The summed E-state index contributed by atoms with van der Waals surface area (Å²) in [6.45, 7) is 4.22. The molecule has 1 heterocycles. The number of fused-ring (bicyclic) bond motifs is 1. The van der Waals surface area contributed by atoms with Crippen LogP contribution in [0.15, 0.2) is 18.2 Å². The second-order valence-corrected chi connectivity index (χ2v) is 6.78.